The molecule has 1 aliphatic carbocycles. The summed E-state index contributed by atoms with van der Waals surface area (Å²) in [6.45, 7) is 4.29. The van der Waals surface area contributed by atoms with Gasteiger partial charge in [0.2, 0.25) is 0 Å². The van der Waals surface area contributed by atoms with Crippen LogP contribution in [0.15, 0.2) is 35.0 Å². The minimum atomic E-state index is 0.185. The number of hydrogen-bond acceptors (Lipinski definition) is 2. The molecule has 0 saturated heterocycles. The van der Waals surface area contributed by atoms with E-state index in [1.54, 1.807) is 0 Å². The lowest BCUT2D eigenvalue weighted by molar-refractivity contribution is 0.566. The van der Waals surface area contributed by atoms with E-state index < -0.39 is 0 Å². The second kappa shape index (κ2) is 3.41. The monoisotopic (exact) mass is 210 g/mol. The second-order valence-corrected chi connectivity index (χ2v) is 4.47. The third-order valence-corrected chi connectivity index (χ3v) is 3.44. The number of aliphatic imine (C=N–C) groups is 1. The Morgan fingerprint density at radius 2 is 2.12 bits per heavy atom. The predicted molar refractivity (Wildman–Crippen MR) is 66.5 cm³/mol. The van der Waals surface area contributed by atoms with E-state index >= 15 is 0 Å². The molecule has 0 fully saturated rings. The number of aromatic nitrogens is 1. The Labute approximate surface area is 95.4 Å². The molecule has 2 heteroatoms. The van der Waals surface area contributed by atoms with Crippen LogP contribution in [0.1, 0.15) is 29.8 Å². The molecular weight excluding hydrogens is 196 g/mol. The van der Waals surface area contributed by atoms with E-state index in [0.29, 0.717) is 5.92 Å². The maximum atomic E-state index is 4.57. The molecule has 1 aromatic rings. The molecule has 2 aliphatic rings. The van der Waals surface area contributed by atoms with E-state index in [2.05, 4.69) is 48.1 Å². The van der Waals surface area contributed by atoms with Crippen molar-refractivity contribution in [1.29, 1.82) is 0 Å². The maximum Gasteiger partial charge on any atom is 0.102 e. The van der Waals surface area contributed by atoms with Crippen molar-refractivity contribution < 1.29 is 0 Å². The van der Waals surface area contributed by atoms with Crippen LogP contribution in [-0.4, -0.2) is 11.2 Å². The topological polar surface area (TPSA) is 25.2 Å². The van der Waals surface area contributed by atoms with Crippen LogP contribution >= 0.6 is 0 Å². The molecule has 1 aliphatic heterocycles. The summed E-state index contributed by atoms with van der Waals surface area (Å²) >= 11 is 0. The summed E-state index contributed by atoms with van der Waals surface area (Å²) in [5.74, 6) is 0.395. The van der Waals surface area contributed by atoms with Crippen LogP contribution in [0.2, 0.25) is 0 Å². The molecule has 1 aromatic heterocycles. The number of fused-ring (bicyclic) bond motifs is 3. The van der Waals surface area contributed by atoms with Crippen molar-refractivity contribution in [1.82, 2.24) is 4.98 Å². The van der Waals surface area contributed by atoms with Crippen molar-refractivity contribution in [3.05, 3.63) is 46.8 Å². The largest absolute Gasteiger partial charge is 0.282 e. The Hall–Kier alpha value is -1.70. The molecule has 3 rings (SSSR count). The Kier molecular flexibility index (Phi) is 2.03. The molecule has 0 aromatic carbocycles. The van der Waals surface area contributed by atoms with Gasteiger partial charge in [0.1, 0.15) is 6.04 Å². The molecule has 2 nitrogen and oxygen atoms in total. The van der Waals surface area contributed by atoms with Gasteiger partial charge in [-0.25, -0.2) is 0 Å². The minimum absolute atomic E-state index is 0.185. The van der Waals surface area contributed by atoms with Gasteiger partial charge < -0.3 is 0 Å². The smallest absolute Gasteiger partial charge is 0.102 e. The first-order chi connectivity index (χ1) is 7.77. The van der Waals surface area contributed by atoms with Gasteiger partial charge in [-0.05, 0) is 31.6 Å². The van der Waals surface area contributed by atoms with Gasteiger partial charge >= 0.3 is 0 Å². The highest BCUT2D eigenvalue weighted by molar-refractivity contribution is 5.75. The Balaban J connectivity index is 2.17. The lowest BCUT2D eigenvalue weighted by atomic mass is 9.82. The van der Waals surface area contributed by atoms with E-state index in [-0.39, 0.29) is 6.04 Å². The first-order valence-electron chi connectivity index (χ1n) is 5.61. The molecule has 0 spiro atoms. The van der Waals surface area contributed by atoms with Gasteiger partial charge in [0, 0.05) is 23.9 Å². The van der Waals surface area contributed by atoms with E-state index in [1.165, 1.54) is 16.7 Å². The van der Waals surface area contributed by atoms with E-state index in [9.17, 15) is 0 Å². The fraction of sp³-hybridized carbons (Fsp3) is 0.286. The van der Waals surface area contributed by atoms with Crippen LogP contribution < -0.4 is 0 Å². The number of dihydropyridines is 1. The number of pyridine rings is 1. The number of allylic oxidation sites excluding steroid dienone is 1. The molecule has 16 heavy (non-hydrogen) atoms. The fourth-order valence-electron chi connectivity index (χ4n) is 2.45. The van der Waals surface area contributed by atoms with Gasteiger partial charge in [-0.15, -0.1) is 0 Å². The van der Waals surface area contributed by atoms with Crippen LogP contribution in [0.3, 0.4) is 0 Å². The van der Waals surface area contributed by atoms with Crippen LogP contribution in [0.4, 0.5) is 0 Å². The Morgan fingerprint density at radius 1 is 1.25 bits per heavy atom. The normalized spacial score (nSPS) is 26.0. The van der Waals surface area contributed by atoms with Crippen molar-refractivity contribution >= 4 is 12.3 Å². The molecule has 0 amide bonds. The quantitative estimate of drug-likeness (QED) is 0.646. The molecule has 0 saturated carbocycles. The first-order valence-corrected chi connectivity index (χ1v) is 5.61. The van der Waals surface area contributed by atoms with Gasteiger partial charge in [0.05, 0.1) is 5.69 Å². The summed E-state index contributed by atoms with van der Waals surface area (Å²) < 4.78 is 0. The van der Waals surface area contributed by atoms with Gasteiger partial charge in [0.15, 0.2) is 0 Å². The zero-order chi connectivity index (χ0) is 11.1. The Morgan fingerprint density at radius 3 is 3.00 bits per heavy atom. The molecule has 0 radical (unpaired) electrons. The zero-order valence-corrected chi connectivity index (χ0v) is 9.51. The molecule has 2 atom stereocenters. The molecular formula is C14H14N2. The van der Waals surface area contributed by atoms with Crippen LogP contribution in [-0.2, 0) is 0 Å². The summed E-state index contributed by atoms with van der Waals surface area (Å²) in [6, 6.07) is 2.24. The molecule has 2 unspecified atom stereocenters. The highest BCUT2D eigenvalue weighted by atomic mass is 14.9. The number of nitrogens with zero attached hydrogens (tertiary/aromatic N) is 2. The average Bonchev–Trinajstić information content (AvgIpc) is 2.30. The highest BCUT2D eigenvalue weighted by Gasteiger charge is 2.29. The van der Waals surface area contributed by atoms with Crippen molar-refractivity contribution in [3.8, 4) is 0 Å². The van der Waals surface area contributed by atoms with Crippen LogP contribution in [0, 0.1) is 12.8 Å². The Bertz CT molecular complexity index is 524. The summed E-state index contributed by atoms with van der Waals surface area (Å²) in [4.78, 5) is 9.08. The molecule has 2 heterocycles. The zero-order valence-electron chi connectivity index (χ0n) is 9.51. The molecule has 0 bridgehead atoms. The number of aryl methyl sites for hydroxylation is 1. The third-order valence-electron chi connectivity index (χ3n) is 3.44. The highest BCUT2D eigenvalue weighted by Crippen LogP contribution is 2.39. The van der Waals surface area contributed by atoms with Crippen molar-refractivity contribution in [2.24, 2.45) is 10.9 Å². The van der Waals surface area contributed by atoms with Gasteiger partial charge in [-0.2, -0.15) is 0 Å². The van der Waals surface area contributed by atoms with Crippen LogP contribution in [0.5, 0.6) is 0 Å². The number of hydrogen-bond donors (Lipinski definition) is 0. The van der Waals surface area contributed by atoms with Gasteiger partial charge in [0.25, 0.3) is 0 Å². The minimum Gasteiger partial charge on any atom is -0.282 e. The van der Waals surface area contributed by atoms with E-state index in [0.717, 1.165) is 5.69 Å². The summed E-state index contributed by atoms with van der Waals surface area (Å²) in [7, 11) is 0. The lowest BCUT2D eigenvalue weighted by Gasteiger charge is -2.29. The number of rotatable bonds is 0. The lowest BCUT2D eigenvalue weighted by Crippen LogP contribution is -2.19. The summed E-state index contributed by atoms with van der Waals surface area (Å²) in [5.41, 5.74) is 5.01. The summed E-state index contributed by atoms with van der Waals surface area (Å²) in [6.07, 6.45) is 10.3. The molecule has 0 N–H and O–H groups in total. The first kappa shape index (κ1) is 9.52. The summed E-state index contributed by atoms with van der Waals surface area (Å²) in [5, 5.41) is 0. The van der Waals surface area contributed by atoms with Crippen molar-refractivity contribution in [2.75, 3.05) is 0 Å². The standard InChI is InChI=1S/C14H14N2/c1-9-5-7-15-13-11(9)3-4-12-10(2)6-8-16-14(12)13/h3-8,11,13H,1-2H3. The van der Waals surface area contributed by atoms with E-state index in [1.807, 2.05) is 12.4 Å². The SMILES string of the molecule is CC1=CC=NC2c3nccc(C)c3C=CC12. The van der Waals surface area contributed by atoms with Gasteiger partial charge in [-0.1, -0.05) is 17.7 Å². The average molecular weight is 210 g/mol. The van der Waals surface area contributed by atoms with Crippen molar-refractivity contribution in [2.45, 2.75) is 19.9 Å². The predicted octanol–water partition coefficient (Wildman–Crippen LogP) is 3.10. The van der Waals surface area contributed by atoms with Gasteiger partial charge in [-0.3, -0.25) is 9.98 Å². The molecule has 80 valence electrons. The third kappa shape index (κ3) is 1.26. The van der Waals surface area contributed by atoms with Crippen LogP contribution in [0.25, 0.3) is 6.08 Å². The fourth-order valence-corrected chi connectivity index (χ4v) is 2.45. The second-order valence-electron chi connectivity index (χ2n) is 4.47. The maximum absolute atomic E-state index is 4.57. The van der Waals surface area contributed by atoms with Crippen molar-refractivity contribution in [3.63, 3.8) is 0 Å². The van der Waals surface area contributed by atoms with E-state index in [4.69, 9.17) is 0 Å².